The van der Waals surface area contributed by atoms with Crippen LogP contribution in [-0.2, 0) is 0 Å². The van der Waals surface area contributed by atoms with Crippen molar-refractivity contribution in [1.29, 1.82) is 0 Å². The van der Waals surface area contributed by atoms with Gasteiger partial charge in [-0.2, -0.15) is 0 Å². The molecule has 2 rings (SSSR count). The second-order valence-corrected chi connectivity index (χ2v) is 5.29. The van der Waals surface area contributed by atoms with Crippen molar-refractivity contribution in [3.05, 3.63) is 45.9 Å². The van der Waals surface area contributed by atoms with Crippen LogP contribution in [0.25, 0.3) is 0 Å². The van der Waals surface area contributed by atoms with Crippen LogP contribution in [0.1, 0.15) is 17.8 Å². The molecule has 2 aromatic heterocycles. The lowest BCUT2D eigenvalue weighted by atomic mass is 10.3. The first-order chi connectivity index (χ1) is 8.75. The molecule has 0 aliphatic carbocycles. The number of aromatic nitrogens is 1. The highest BCUT2D eigenvalue weighted by atomic mass is 35.5. The Bertz CT molecular complexity index is 476. The van der Waals surface area contributed by atoms with Crippen molar-refractivity contribution < 1.29 is 4.74 Å². The summed E-state index contributed by atoms with van der Waals surface area (Å²) in [5.74, 6) is 0.702. The molecular weight excluding hydrogens is 268 g/mol. The number of ether oxygens (including phenoxy) is 1. The molecule has 96 valence electrons. The molecule has 2 aromatic rings. The van der Waals surface area contributed by atoms with Gasteiger partial charge in [0.15, 0.2) is 0 Å². The lowest BCUT2D eigenvalue weighted by molar-refractivity contribution is 0.307. The Morgan fingerprint density at radius 3 is 3.11 bits per heavy atom. The summed E-state index contributed by atoms with van der Waals surface area (Å²) in [4.78, 5) is 5.30. The van der Waals surface area contributed by atoms with Gasteiger partial charge in [-0.05, 0) is 18.4 Å². The smallest absolute Gasteiger partial charge is 0.139 e. The Morgan fingerprint density at radius 1 is 1.50 bits per heavy atom. The molecule has 2 heterocycles. The van der Waals surface area contributed by atoms with Crippen molar-refractivity contribution in [3.8, 4) is 5.75 Å². The van der Waals surface area contributed by atoms with Crippen molar-refractivity contribution in [2.24, 2.45) is 0 Å². The summed E-state index contributed by atoms with van der Waals surface area (Å²) in [6, 6.07) is 6.30. The molecule has 0 fully saturated rings. The van der Waals surface area contributed by atoms with Crippen LogP contribution in [0.4, 0.5) is 0 Å². The predicted molar refractivity (Wildman–Crippen MR) is 75.5 cm³/mol. The minimum atomic E-state index is 0.353. The van der Waals surface area contributed by atoms with E-state index in [1.807, 2.05) is 0 Å². The van der Waals surface area contributed by atoms with Crippen LogP contribution in [0.5, 0.6) is 5.75 Å². The van der Waals surface area contributed by atoms with E-state index in [-0.39, 0.29) is 0 Å². The summed E-state index contributed by atoms with van der Waals surface area (Å²) in [6.07, 6.45) is 3.25. The molecule has 1 N–H and O–H groups in total. The second kappa shape index (κ2) is 6.73. The van der Waals surface area contributed by atoms with Gasteiger partial charge in [0.1, 0.15) is 12.4 Å². The molecule has 0 aliphatic heterocycles. The summed E-state index contributed by atoms with van der Waals surface area (Å²) in [5, 5.41) is 6.08. The van der Waals surface area contributed by atoms with Gasteiger partial charge in [0.05, 0.1) is 11.2 Å². The summed E-state index contributed by atoms with van der Waals surface area (Å²) in [7, 11) is 0. The zero-order valence-corrected chi connectivity index (χ0v) is 11.7. The third-order valence-corrected chi connectivity index (χ3v) is 3.73. The molecule has 1 unspecified atom stereocenters. The zero-order chi connectivity index (χ0) is 12.8. The lowest BCUT2D eigenvalue weighted by Gasteiger charge is -2.12. The van der Waals surface area contributed by atoms with Crippen molar-refractivity contribution in [3.63, 3.8) is 0 Å². The normalized spacial score (nSPS) is 12.3. The SMILES string of the molecule is CC(NCCOc1cncc(Cl)c1)c1cccs1. The molecule has 1 atom stereocenters. The molecule has 0 aliphatic rings. The number of nitrogens with one attached hydrogen (secondary N) is 1. The average Bonchev–Trinajstić information content (AvgIpc) is 2.88. The van der Waals surface area contributed by atoms with Crippen molar-refractivity contribution in [2.75, 3.05) is 13.2 Å². The number of halogens is 1. The van der Waals surface area contributed by atoms with Gasteiger partial charge in [0.25, 0.3) is 0 Å². The monoisotopic (exact) mass is 282 g/mol. The Hall–Kier alpha value is -1.10. The van der Waals surface area contributed by atoms with Crippen molar-refractivity contribution >= 4 is 22.9 Å². The number of pyridine rings is 1. The fraction of sp³-hybridized carbons (Fsp3) is 0.308. The van der Waals surface area contributed by atoms with Crippen LogP contribution in [0, 0.1) is 0 Å². The quantitative estimate of drug-likeness (QED) is 0.823. The topological polar surface area (TPSA) is 34.1 Å². The van der Waals surface area contributed by atoms with Crippen LogP contribution in [-0.4, -0.2) is 18.1 Å². The Morgan fingerprint density at radius 2 is 2.39 bits per heavy atom. The van der Waals surface area contributed by atoms with Gasteiger partial charge >= 0.3 is 0 Å². The molecule has 18 heavy (non-hydrogen) atoms. The number of hydrogen-bond acceptors (Lipinski definition) is 4. The van der Waals surface area contributed by atoms with Gasteiger partial charge in [-0.3, -0.25) is 4.98 Å². The minimum absolute atomic E-state index is 0.353. The van der Waals surface area contributed by atoms with Crippen molar-refractivity contribution in [2.45, 2.75) is 13.0 Å². The number of rotatable bonds is 6. The van der Waals surface area contributed by atoms with E-state index in [0.29, 0.717) is 23.4 Å². The van der Waals surface area contributed by atoms with E-state index < -0.39 is 0 Å². The number of thiophene rings is 1. The van der Waals surface area contributed by atoms with Gasteiger partial charge in [0, 0.05) is 29.7 Å². The molecule has 0 amide bonds. The first-order valence-corrected chi connectivity index (χ1v) is 7.01. The molecule has 0 saturated heterocycles. The Labute approximate surface area is 116 Å². The van der Waals surface area contributed by atoms with Gasteiger partial charge < -0.3 is 10.1 Å². The zero-order valence-electron chi connectivity index (χ0n) is 10.1. The highest BCUT2D eigenvalue weighted by Gasteiger charge is 2.04. The van der Waals surface area contributed by atoms with Gasteiger partial charge in [-0.25, -0.2) is 0 Å². The van der Waals surface area contributed by atoms with E-state index in [4.69, 9.17) is 16.3 Å². The van der Waals surface area contributed by atoms with Gasteiger partial charge in [-0.15, -0.1) is 11.3 Å². The first kappa shape index (κ1) is 13.3. The highest BCUT2D eigenvalue weighted by molar-refractivity contribution is 7.10. The first-order valence-electron chi connectivity index (χ1n) is 5.76. The molecule has 0 radical (unpaired) electrons. The Kier molecular flexibility index (Phi) is 4.99. The molecule has 0 saturated carbocycles. The third-order valence-electron chi connectivity index (χ3n) is 2.47. The van der Waals surface area contributed by atoms with Crippen molar-refractivity contribution in [1.82, 2.24) is 10.3 Å². The van der Waals surface area contributed by atoms with Crippen LogP contribution in [0.3, 0.4) is 0 Å². The van der Waals surface area contributed by atoms with E-state index in [1.54, 1.807) is 29.8 Å². The summed E-state index contributed by atoms with van der Waals surface area (Å²) < 4.78 is 5.55. The molecule has 5 heteroatoms. The van der Waals surface area contributed by atoms with Gasteiger partial charge in [0.2, 0.25) is 0 Å². The van der Waals surface area contributed by atoms with E-state index >= 15 is 0 Å². The van der Waals surface area contributed by atoms with Crippen LogP contribution in [0.15, 0.2) is 36.0 Å². The standard InChI is InChI=1S/C13H15ClN2OS/c1-10(13-3-2-6-18-13)16-4-5-17-12-7-11(14)8-15-9-12/h2-3,6-10,16H,4-5H2,1H3. The van der Waals surface area contributed by atoms with Crippen LogP contribution < -0.4 is 10.1 Å². The van der Waals surface area contributed by atoms with E-state index in [9.17, 15) is 0 Å². The highest BCUT2D eigenvalue weighted by Crippen LogP contribution is 2.18. The van der Waals surface area contributed by atoms with Crippen LogP contribution >= 0.6 is 22.9 Å². The Balaban J connectivity index is 1.70. The summed E-state index contributed by atoms with van der Waals surface area (Å²) in [5.41, 5.74) is 0. The van der Waals surface area contributed by atoms with E-state index in [1.165, 1.54) is 4.88 Å². The van der Waals surface area contributed by atoms with Gasteiger partial charge in [-0.1, -0.05) is 17.7 Å². The molecule has 3 nitrogen and oxygen atoms in total. The number of nitrogens with zero attached hydrogens (tertiary/aromatic N) is 1. The summed E-state index contributed by atoms with van der Waals surface area (Å²) >= 11 is 7.58. The maximum absolute atomic E-state index is 5.82. The van der Waals surface area contributed by atoms with E-state index in [0.717, 1.165) is 6.54 Å². The number of hydrogen-bond donors (Lipinski definition) is 1. The fourth-order valence-electron chi connectivity index (χ4n) is 1.55. The van der Waals surface area contributed by atoms with Crippen LogP contribution in [0.2, 0.25) is 5.02 Å². The average molecular weight is 283 g/mol. The minimum Gasteiger partial charge on any atom is -0.491 e. The lowest BCUT2D eigenvalue weighted by Crippen LogP contribution is -2.23. The predicted octanol–water partition coefficient (Wildman–Crippen LogP) is 3.53. The molecule has 0 aromatic carbocycles. The fourth-order valence-corrected chi connectivity index (χ4v) is 2.48. The second-order valence-electron chi connectivity index (χ2n) is 3.88. The molecule has 0 spiro atoms. The maximum atomic E-state index is 5.82. The maximum Gasteiger partial charge on any atom is 0.139 e. The molecular formula is C13H15ClN2OS. The largest absolute Gasteiger partial charge is 0.491 e. The third kappa shape index (κ3) is 3.98. The summed E-state index contributed by atoms with van der Waals surface area (Å²) in [6.45, 7) is 3.52. The molecule has 0 bridgehead atoms. The van der Waals surface area contributed by atoms with E-state index in [2.05, 4.69) is 34.7 Å².